The Kier molecular flexibility index (Phi) is 5.80. The van der Waals surface area contributed by atoms with E-state index in [0.717, 1.165) is 11.3 Å². The van der Waals surface area contributed by atoms with Gasteiger partial charge in [-0.25, -0.2) is 4.39 Å². The molecule has 7 rings (SSSR count). The summed E-state index contributed by atoms with van der Waals surface area (Å²) >= 11 is 6.07. The maximum absolute atomic E-state index is 14.6. The molecule has 41 heavy (non-hydrogen) atoms. The first-order valence-corrected chi connectivity index (χ1v) is 13.6. The molecule has 3 aliphatic rings. The average molecular weight is 564 g/mol. The number of ketones is 1. The maximum atomic E-state index is 14.6. The van der Waals surface area contributed by atoms with Gasteiger partial charge in [-0.2, -0.15) is 0 Å². The monoisotopic (exact) mass is 563 g/mol. The Morgan fingerprint density at radius 3 is 2.39 bits per heavy atom. The van der Waals surface area contributed by atoms with Crippen LogP contribution in [0.1, 0.15) is 21.5 Å². The third-order valence-corrected chi connectivity index (χ3v) is 8.59. The lowest BCUT2D eigenvalue weighted by atomic mass is 9.64. The van der Waals surface area contributed by atoms with Crippen molar-refractivity contribution in [2.24, 2.45) is 5.92 Å². The fourth-order valence-corrected chi connectivity index (χ4v) is 6.79. The van der Waals surface area contributed by atoms with Crippen LogP contribution in [0.4, 0.5) is 21.5 Å². The first kappa shape index (κ1) is 25.2. The van der Waals surface area contributed by atoms with Gasteiger partial charge in [0.1, 0.15) is 17.3 Å². The number of anilines is 3. The molecule has 0 aliphatic carbocycles. The highest BCUT2D eigenvalue weighted by Crippen LogP contribution is 2.57. The summed E-state index contributed by atoms with van der Waals surface area (Å²) in [5.74, 6) is -2.87. The van der Waals surface area contributed by atoms with Crippen molar-refractivity contribution >= 4 is 52.3 Å². The lowest BCUT2D eigenvalue weighted by molar-refractivity contribution is -0.122. The minimum absolute atomic E-state index is 0.217. The van der Waals surface area contributed by atoms with Crippen LogP contribution >= 0.6 is 11.6 Å². The molecule has 0 radical (unpaired) electrons. The molecule has 4 unspecified atom stereocenters. The number of para-hydroxylation sites is 2. The van der Waals surface area contributed by atoms with Crippen LogP contribution in [0.5, 0.6) is 0 Å². The highest BCUT2D eigenvalue weighted by molar-refractivity contribution is 6.30. The molecule has 8 heteroatoms. The molecular formula is C33H23ClFN3O3. The van der Waals surface area contributed by atoms with E-state index in [1.54, 1.807) is 30.3 Å². The number of rotatable bonds is 4. The van der Waals surface area contributed by atoms with Crippen LogP contribution in [0.2, 0.25) is 5.02 Å². The lowest BCUT2D eigenvalue weighted by Crippen LogP contribution is -2.51. The number of halogens is 2. The predicted octanol–water partition coefficient (Wildman–Crippen LogP) is 6.09. The predicted molar refractivity (Wildman–Crippen MR) is 157 cm³/mol. The molecule has 4 aromatic rings. The Morgan fingerprint density at radius 2 is 1.61 bits per heavy atom. The number of hydrogen-bond acceptors (Lipinski definition) is 4. The summed E-state index contributed by atoms with van der Waals surface area (Å²) in [6, 6.07) is 25.0. The Morgan fingerprint density at radius 1 is 0.902 bits per heavy atom. The number of carbonyl (C=O) groups is 3. The van der Waals surface area contributed by atoms with Crippen LogP contribution < -0.4 is 15.5 Å². The van der Waals surface area contributed by atoms with Gasteiger partial charge in [-0.15, -0.1) is 0 Å². The second kappa shape index (κ2) is 9.42. The number of hydrogen-bond donors (Lipinski definition) is 2. The Balaban J connectivity index is 1.48. The van der Waals surface area contributed by atoms with Crippen LogP contribution in [0.25, 0.3) is 6.08 Å². The first-order chi connectivity index (χ1) is 19.9. The fourth-order valence-electron chi connectivity index (χ4n) is 6.66. The summed E-state index contributed by atoms with van der Waals surface area (Å²) in [6.45, 7) is 0. The molecule has 1 fully saturated rings. The maximum Gasteiger partial charge on any atom is 0.247 e. The normalized spacial score (nSPS) is 23.5. The van der Waals surface area contributed by atoms with Gasteiger partial charge in [0, 0.05) is 27.6 Å². The van der Waals surface area contributed by atoms with E-state index in [0.29, 0.717) is 22.0 Å². The number of nitrogens with zero attached hydrogens (tertiary/aromatic N) is 1. The van der Waals surface area contributed by atoms with Crippen molar-refractivity contribution in [2.75, 3.05) is 15.5 Å². The number of amides is 2. The van der Waals surface area contributed by atoms with E-state index in [9.17, 15) is 18.8 Å². The molecule has 3 aliphatic heterocycles. The molecule has 0 aromatic heterocycles. The van der Waals surface area contributed by atoms with E-state index in [1.807, 2.05) is 59.5 Å². The zero-order valence-corrected chi connectivity index (χ0v) is 22.3. The van der Waals surface area contributed by atoms with Gasteiger partial charge in [0.25, 0.3) is 0 Å². The summed E-state index contributed by atoms with van der Waals surface area (Å²) in [6.07, 6.45) is 3.84. The molecule has 2 amide bonds. The average Bonchev–Trinajstić information content (AvgIpc) is 3.47. The largest absolute Gasteiger partial charge is 0.350 e. The third kappa shape index (κ3) is 3.73. The highest BCUT2D eigenvalue weighted by Gasteiger charge is 2.70. The summed E-state index contributed by atoms with van der Waals surface area (Å²) in [5, 5.41) is 6.46. The zero-order chi connectivity index (χ0) is 28.3. The minimum Gasteiger partial charge on any atom is -0.350 e. The van der Waals surface area contributed by atoms with Gasteiger partial charge < -0.3 is 15.5 Å². The van der Waals surface area contributed by atoms with Gasteiger partial charge in [0.15, 0.2) is 5.78 Å². The molecule has 4 atom stereocenters. The molecule has 0 bridgehead atoms. The summed E-state index contributed by atoms with van der Waals surface area (Å²) in [4.78, 5) is 45.1. The number of nitrogens with one attached hydrogen (secondary N) is 2. The van der Waals surface area contributed by atoms with Gasteiger partial charge in [-0.1, -0.05) is 60.2 Å². The standard InChI is InChI=1S/C33H23ClFN3O3/c34-21-12-16-23(17-13-21)36-31(40)29-28(30(39)20-9-14-22(35)15-10-20)33(24-6-2-3-7-25(24)37-32(33)41)27-18-11-19-5-1-4-8-26(19)38(27)29/h1-18,27-29H,(H,36,40)(H,37,41). The van der Waals surface area contributed by atoms with E-state index in [1.165, 1.54) is 24.3 Å². The van der Waals surface area contributed by atoms with E-state index in [-0.39, 0.29) is 11.5 Å². The minimum atomic E-state index is -1.44. The van der Waals surface area contributed by atoms with E-state index in [2.05, 4.69) is 10.6 Å². The van der Waals surface area contributed by atoms with Crippen molar-refractivity contribution in [3.8, 4) is 0 Å². The van der Waals surface area contributed by atoms with Gasteiger partial charge in [0.2, 0.25) is 11.8 Å². The molecule has 1 spiro atoms. The van der Waals surface area contributed by atoms with Crippen LogP contribution in [-0.2, 0) is 15.0 Å². The SMILES string of the molecule is O=C(Nc1ccc(Cl)cc1)C1C(C(=O)c2ccc(F)cc2)C2(C(=O)Nc3ccccc32)C2C=Cc3ccccc3N12. The van der Waals surface area contributed by atoms with Crippen molar-refractivity contribution in [1.82, 2.24) is 0 Å². The first-order valence-electron chi connectivity index (χ1n) is 13.2. The van der Waals surface area contributed by atoms with E-state index >= 15 is 0 Å². The molecular weight excluding hydrogens is 541 g/mol. The fraction of sp³-hybridized carbons (Fsp3) is 0.121. The number of Topliss-reactive ketones (excluding diaryl/α,β-unsaturated/α-hetero) is 1. The molecule has 202 valence electrons. The molecule has 1 saturated heterocycles. The van der Waals surface area contributed by atoms with Crippen LogP contribution in [0.15, 0.2) is 103 Å². The number of fused-ring (bicyclic) bond motifs is 6. The molecule has 0 saturated carbocycles. The zero-order valence-electron chi connectivity index (χ0n) is 21.6. The van der Waals surface area contributed by atoms with Crippen molar-refractivity contribution in [1.29, 1.82) is 0 Å². The second-order valence-electron chi connectivity index (χ2n) is 10.4. The van der Waals surface area contributed by atoms with Crippen LogP contribution in [-0.4, -0.2) is 29.7 Å². The van der Waals surface area contributed by atoms with Crippen molar-refractivity contribution in [2.45, 2.75) is 17.5 Å². The van der Waals surface area contributed by atoms with Crippen molar-refractivity contribution < 1.29 is 18.8 Å². The smallest absolute Gasteiger partial charge is 0.247 e. The third-order valence-electron chi connectivity index (χ3n) is 8.33. The Hall–Kier alpha value is -4.75. The second-order valence-corrected chi connectivity index (χ2v) is 10.9. The van der Waals surface area contributed by atoms with Crippen molar-refractivity contribution in [3.63, 3.8) is 0 Å². The lowest BCUT2D eigenvalue weighted by Gasteiger charge is -2.37. The van der Waals surface area contributed by atoms with Gasteiger partial charge in [0.05, 0.1) is 12.0 Å². The number of carbonyl (C=O) groups excluding carboxylic acids is 3. The molecule has 4 aromatic carbocycles. The number of benzene rings is 4. The van der Waals surface area contributed by atoms with E-state index < -0.39 is 40.9 Å². The Labute approximate surface area is 240 Å². The van der Waals surface area contributed by atoms with E-state index in [4.69, 9.17) is 11.6 Å². The summed E-state index contributed by atoms with van der Waals surface area (Å²) in [7, 11) is 0. The van der Waals surface area contributed by atoms with Crippen molar-refractivity contribution in [3.05, 3.63) is 131 Å². The molecule has 6 nitrogen and oxygen atoms in total. The van der Waals surface area contributed by atoms with Crippen LogP contribution in [0.3, 0.4) is 0 Å². The molecule has 3 heterocycles. The topological polar surface area (TPSA) is 78.5 Å². The van der Waals surface area contributed by atoms with Gasteiger partial charge in [-0.3, -0.25) is 14.4 Å². The highest BCUT2D eigenvalue weighted by atomic mass is 35.5. The summed E-state index contributed by atoms with van der Waals surface area (Å²) in [5.41, 5.74) is 2.13. The Bertz CT molecular complexity index is 1750. The molecule has 2 N–H and O–H groups in total. The van der Waals surface area contributed by atoms with Gasteiger partial charge >= 0.3 is 0 Å². The summed E-state index contributed by atoms with van der Waals surface area (Å²) < 4.78 is 13.9. The van der Waals surface area contributed by atoms with Gasteiger partial charge in [-0.05, 0) is 71.8 Å². The quantitative estimate of drug-likeness (QED) is 0.295. The van der Waals surface area contributed by atoms with Crippen LogP contribution in [0, 0.1) is 11.7 Å².